The van der Waals surface area contributed by atoms with Crippen LogP contribution >= 0.6 is 0 Å². The Bertz CT molecular complexity index is 446. The molecule has 0 aromatic carbocycles. The van der Waals surface area contributed by atoms with Crippen molar-refractivity contribution >= 4 is 5.91 Å². The van der Waals surface area contributed by atoms with Crippen molar-refractivity contribution in [3.63, 3.8) is 0 Å². The molecule has 1 aliphatic rings. The van der Waals surface area contributed by atoms with Crippen LogP contribution in [0.15, 0.2) is 47.4 Å². The van der Waals surface area contributed by atoms with Gasteiger partial charge in [0.05, 0.1) is 6.61 Å². The van der Waals surface area contributed by atoms with Gasteiger partial charge in [0.25, 0.3) is 5.91 Å². The zero-order valence-electron chi connectivity index (χ0n) is 11.3. The normalized spacial score (nSPS) is 16.9. The molecule has 4 nitrogen and oxygen atoms in total. The van der Waals surface area contributed by atoms with E-state index < -0.39 is 0 Å². The summed E-state index contributed by atoms with van der Waals surface area (Å²) >= 11 is 0. The van der Waals surface area contributed by atoms with Crippen molar-refractivity contribution in [3.05, 3.63) is 47.4 Å². The second-order valence-electron chi connectivity index (χ2n) is 4.03. The van der Waals surface area contributed by atoms with E-state index in [1.165, 1.54) is 13.0 Å². The van der Waals surface area contributed by atoms with Gasteiger partial charge in [0.2, 0.25) is 0 Å². The quantitative estimate of drug-likeness (QED) is 0.590. The van der Waals surface area contributed by atoms with E-state index in [0.29, 0.717) is 18.7 Å². The lowest BCUT2D eigenvalue weighted by molar-refractivity contribution is -0.117. The van der Waals surface area contributed by atoms with Gasteiger partial charge in [-0.2, -0.15) is 5.48 Å². The van der Waals surface area contributed by atoms with Crippen LogP contribution in [-0.4, -0.2) is 25.6 Å². The second-order valence-corrected chi connectivity index (χ2v) is 4.03. The maximum absolute atomic E-state index is 13.5. The van der Waals surface area contributed by atoms with Crippen molar-refractivity contribution in [2.45, 2.75) is 13.8 Å². The van der Waals surface area contributed by atoms with Crippen molar-refractivity contribution < 1.29 is 14.0 Å². The molecule has 0 saturated heterocycles. The van der Waals surface area contributed by atoms with Crippen molar-refractivity contribution in [2.75, 3.05) is 19.7 Å². The van der Waals surface area contributed by atoms with Crippen LogP contribution in [0.25, 0.3) is 0 Å². The average molecular weight is 266 g/mol. The Hall–Kier alpha value is -1.72. The molecule has 19 heavy (non-hydrogen) atoms. The zero-order chi connectivity index (χ0) is 14.3. The average Bonchev–Trinajstić information content (AvgIpc) is 2.39. The zero-order valence-corrected chi connectivity index (χ0v) is 11.3. The maximum atomic E-state index is 13.5. The molecular formula is C14H19FN2O2. The fourth-order valence-electron chi connectivity index (χ4n) is 1.58. The number of hydrogen-bond donors (Lipinski definition) is 2. The van der Waals surface area contributed by atoms with E-state index in [-0.39, 0.29) is 23.9 Å². The third kappa shape index (κ3) is 4.81. The van der Waals surface area contributed by atoms with Crippen LogP contribution in [-0.2, 0) is 9.63 Å². The summed E-state index contributed by atoms with van der Waals surface area (Å²) in [5.74, 6) is -0.582. The highest BCUT2D eigenvalue weighted by Crippen LogP contribution is 2.19. The number of nitrogens with one attached hydrogen (secondary N) is 2. The Labute approximate surface area is 112 Å². The number of carbonyl (C=O) groups is 1. The lowest BCUT2D eigenvalue weighted by Crippen LogP contribution is -2.23. The summed E-state index contributed by atoms with van der Waals surface area (Å²) in [7, 11) is 0. The van der Waals surface area contributed by atoms with Crippen molar-refractivity contribution in [3.8, 4) is 0 Å². The van der Waals surface area contributed by atoms with Crippen LogP contribution in [0.1, 0.15) is 13.8 Å². The molecule has 0 atom stereocenters. The minimum absolute atomic E-state index is 0.259. The smallest absolute Gasteiger partial charge is 0.250 e. The molecular weight excluding hydrogens is 247 g/mol. The van der Waals surface area contributed by atoms with Gasteiger partial charge in [0, 0.05) is 24.2 Å². The Balaban J connectivity index is 2.81. The monoisotopic (exact) mass is 266 g/mol. The Morgan fingerprint density at radius 2 is 2.37 bits per heavy atom. The predicted octanol–water partition coefficient (Wildman–Crippen LogP) is 1.94. The highest BCUT2D eigenvalue weighted by molar-refractivity contribution is 5.95. The molecule has 0 fully saturated rings. The van der Waals surface area contributed by atoms with Crippen LogP contribution in [0.3, 0.4) is 0 Å². The van der Waals surface area contributed by atoms with Gasteiger partial charge in [-0.05, 0) is 25.5 Å². The highest BCUT2D eigenvalue weighted by Gasteiger charge is 2.10. The molecule has 0 aromatic heterocycles. The summed E-state index contributed by atoms with van der Waals surface area (Å²) < 4.78 is 13.5. The first kappa shape index (κ1) is 15.3. The van der Waals surface area contributed by atoms with Gasteiger partial charge < -0.3 is 5.32 Å². The first-order chi connectivity index (χ1) is 9.06. The first-order valence-electron chi connectivity index (χ1n) is 6.11. The van der Waals surface area contributed by atoms with Crippen LogP contribution in [0, 0.1) is 0 Å². The van der Waals surface area contributed by atoms with E-state index in [9.17, 15) is 9.18 Å². The van der Waals surface area contributed by atoms with E-state index in [4.69, 9.17) is 4.84 Å². The summed E-state index contributed by atoms with van der Waals surface area (Å²) in [5.41, 5.74) is 4.14. The van der Waals surface area contributed by atoms with Crippen molar-refractivity contribution in [1.29, 1.82) is 0 Å². The molecule has 0 saturated carbocycles. The molecule has 2 N–H and O–H groups in total. The maximum Gasteiger partial charge on any atom is 0.250 e. The third-order valence-electron chi connectivity index (χ3n) is 2.56. The minimum Gasteiger partial charge on any atom is -0.352 e. The summed E-state index contributed by atoms with van der Waals surface area (Å²) in [5, 5.41) is 2.63. The van der Waals surface area contributed by atoms with Gasteiger partial charge in [-0.15, -0.1) is 0 Å². The molecule has 5 heteroatoms. The number of amides is 1. The molecule has 0 aromatic rings. The Morgan fingerprint density at radius 1 is 1.63 bits per heavy atom. The molecule has 1 amide bonds. The van der Waals surface area contributed by atoms with E-state index in [1.807, 2.05) is 13.0 Å². The van der Waals surface area contributed by atoms with E-state index in [0.717, 1.165) is 5.57 Å². The van der Waals surface area contributed by atoms with E-state index in [1.54, 1.807) is 6.08 Å². The van der Waals surface area contributed by atoms with Crippen LogP contribution < -0.4 is 10.8 Å². The third-order valence-corrected chi connectivity index (χ3v) is 2.56. The van der Waals surface area contributed by atoms with Gasteiger partial charge in [-0.3, -0.25) is 9.63 Å². The molecule has 1 aliphatic heterocycles. The van der Waals surface area contributed by atoms with Gasteiger partial charge in [0.1, 0.15) is 5.83 Å². The van der Waals surface area contributed by atoms with Crippen LogP contribution in [0.4, 0.5) is 4.39 Å². The van der Waals surface area contributed by atoms with E-state index >= 15 is 0 Å². The first-order valence-corrected chi connectivity index (χ1v) is 6.11. The predicted molar refractivity (Wildman–Crippen MR) is 72.8 cm³/mol. The summed E-state index contributed by atoms with van der Waals surface area (Å²) in [6, 6.07) is 0. The van der Waals surface area contributed by atoms with Gasteiger partial charge >= 0.3 is 0 Å². The Kier molecular flexibility index (Phi) is 6.18. The SMILES string of the molecule is C=C(/C=C\C(C1=CCNOC1)=C(/C)F)C(=O)NCC. The lowest BCUT2D eigenvalue weighted by atomic mass is 10.0. The van der Waals surface area contributed by atoms with Crippen molar-refractivity contribution in [1.82, 2.24) is 10.8 Å². The topological polar surface area (TPSA) is 50.4 Å². The fourth-order valence-corrected chi connectivity index (χ4v) is 1.58. The molecule has 0 bridgehead atoms. The molecule has 0 radical (unpaired) electrons. The number of hydroxylamine groups is 1. The number of carbonyl (C=O) groups excluding carboxylic acids is 1. The van der Waals surface area contributed by atoms with Crippen LogP contribution in [0.5, 0.6) is 0 Å². The number of halogens is 1. The molecule has 1 heterocycles. The number of rotatable bonds is 5. The summed E-state index contributed by atoms with van der Waals surface area (Å²) in [6.45, 7) is 8.18. The standard InChI is InChI=1S/C14H19FN2O2/c1-4-16-14(18)10(2)5-6-13(11(3)15)12-7-8-17-19-9-12/h5-7,17H,2,4,8-9H2,1,3H3,(H,16,18)/b6-5-,13-11-. The second kappa shape index (κ2) is 7.66. The fraction of sp³-hybridized carbons (Fsp3) is 0.357. The molecule has 0 spiro atoms. The van der Waals surface area contributed by atoms with Gasteiger partial charge in [-0.1, -0.05) is 18.7 Å². The van der Waals surface area contributed by atoms with E-state index in [2.05, 4.69) is 17.4 Å². The number of likely N-dealkylation sites (N-methyl/N-ethyl adjacent to an activating group) is 1. The molecule has 0 aliphatic carbocycles. The molecule has 104 valence electrons. The number of allylic oxidation sites excluding steroid dienone is 2. The van der Waals surface area contributed by atoms with Gasteiger partial charge in [-0.25, -0.2) is 4.39 Å². The summed E-state index contributed by atoms with van der Waals surface area (Å²) in [6.07, 6.45) is 4.90. The Morgan fingerprint density at radius 3 is 2.89 bits per heavy atom. The highest BCUT2D eigenvalue weighted by atomic mass is 19.1. The van der Waals surface area contributed by atoms with Gasteiger partial charge in [0.15, 0.2) is 0 Å². The molecule has 1 rings (SSSR count). The summed E-state index contributed by atoms with van der Waals surface area (Å²) in [4.78, 5) is 16.5. The number of hydrogen-bond acceptors (Lipinski definition) is 3. The minimum atomic E-state index is -0.323. The van der Waals surface area contributed by atoms with Crippen molar-refractivity contribution in [2.24, 2.45) is 0 Å². The largest absolute Gasteiger partial charge is 0.352 e. The lowest BCUT2D eigenvalue weighted by Gasteiger charge is -2.15. The molecule has 0 unspecified atom stereocenters. The van der Waals surface area contributed by atoms with Crippen LogP contribution in [0.2, 0.25) is 0 Å².